The van der Waals surface area contributed by atoms with E-state index in [4.69, 9.17) is 0 Å². The summed E-state index contributed by atoms with van der Waals surface area (Å²) in [5, 5.41) is 3.80. The quantitative estimate of drug-likeness (QED) is 0.890. The third-order valence-electron chi connectivity index (χ3n) is 4.39. The van der Waals surface area contributed by atoms with E-state index in [0.29, 0.717) is 12.1 Å². The van der Waals surface area contributed by atoms with Crippen molar-refractivity contribution in [2.24, 2.45) is 0 Å². The lowest BCUT2D eigenvalue weighted by molar-refractivity contribution is -0.00310. The van der Waals surface area contributed by atoms with E-state index in [0.717, 1.165) is 6.54 Å². The van der Waals surface area contributed by atoms with Gasteiger partial charge in [0.1, 0.15) is 0 Å². The predicted octanol–water partition coefficient (Wildman–Crippen LogP) is 2.10. The molecular weight excluding hydrogens is 254 g/mol. The van der Waals surface area contributed by atoms with E-state index in [1.165, 1.54) is 48.9 Å². The Bertz CT molecular complexity index is 409. The Morgan fingerprint density at radius 2 is 2.11 bits per heavy atom. The summed E-state index contributed by atoms with van der Waals surface area (Å²) in [5.74, 6) is 0. The third-order valence-corrected chi connectivity index (χ3v) is 5.47. The molecule has 1 aromatic heterocycles. The smallest absolute Gasteiger partial charge is 0.0585 e. The Hall–Kier alpha value is -0.420. The van der Waals surface area contributed by atoms with E-state index in [2.05, 4.69) is 41.1 Å². The van der Waals surface area contributed by atoms with Gasteiger partial charge in [0.2, 0.25) is 0 Å². The Labute approximate surface area is 120 Å². The summed E-state index contributed by atoms with van der Waals surface area (Å²) in [6.07, 6.45) is 1.21. The van der Waals surface area contributed by atoms with Crippen LogP contribution in [0.15, 0.2) is 12.1 Å². The molecule has 106 valence electrons. The molecule has 3 aliphatic heterocycles. The average molecular weight is 279 g/mol. The summed E-state index contributed by atoms with van der Waals surface area (Å²) in [6, 6.07) is 5.76. The van der Waals surface area contributed by atoms with Crippen molar-refractivity contribution in [3.05, 3.63) is 21.9 Å². The fraction of sp³-hybridized carbons (Fsp3) is 0.733. The van der Waals surface area contributed by atoms with Crippen molar-refractivity contribution in [1.82, 2.24) is 15.1 Å². The van der Waals surface area contributed by atoms with Crippen LogP contribution < -0.4 is 5.32 Å². The average Bonchev–Trinajstić information content (AvgIpc) is 2.87. The Balaban J connectivity index is 1.78. The van der Waals surface area contributed by atoms with Crippen LogP contribution in [-0.4, -0.2) is 55.1 Å². The molecule has 0 amide bonds. The van der Waals surface area contributed by atoms with E-state index in [-0.39, 0.29) is 0 Å². The molecule has 2 unspecified atom stereocenters. The normalized spacial score (nSPS) is 31.6. The number of hydrogen-bond acceptors (Lipinski definition) is 4. The number of hydrogen-bond donors (Lipinski definition) is 1. The molecule has 4 heteroatoms. The van der Waals surface area contributed by atoms with Crippen molar-refractivity contribution < 1.29 is 0 Å². The van der Waals surface area contributed by atoms with Crippen molar-refractivity contribution in [1.29, 1.82) is 0 Å². The van der Waals surface area contributed by atoms with Crippen molar-refractivity contribution in [2.75, 3.05) is 39.3 Å². The molecule has 0 spiro atoms. The first-order valence-corrected chi connectivity index (χ1v) is 8.35. The van der Waals surface area contributed by atoms with E-state index in [9.17, 15) is 0 Å². The minimum Gasteiger partial charge on any atom is -0.308 e. The molecule has 1 N–H and O–H groups in total. The van der Waals surface area contributed by atoms with Crippen LogP contribution in [0.2, 0.25) is 0 Å². The number of thiophene rings is 1. The SMILES string of the molecule is CCCNC(c1ccc(C)s1)C1CN2CCN1CC2. The lowest BCUT2D eigenvalue weighted by Crippen LogP contribution is -2.63. The van der Waals surface area contributed by atoms with Gasteiger partial charge < -0.3 is 5.32 Å². The highest BCUT2D eigenvalue weighted by molar-refractivity contribution is 7.12. The van der Waals surface area contributed by atoms with Crippen LogP contribution in [-0.2, 0) is 0 Å². The second-order valence-electron chi connectivity index (χ2n) is 5.78. The molecule has 3 nitrogen and oxygen atoms in total. The highest BCUT2D eigenvalue weighted by atomic mass is 32.1. The third kappa shape index (κ3) is 2.87. The first kappa shape index (κ1) is 13.6. The van der Waals surface area contributed by atoms with Gasteiger partial charge in [-0.25, -0.2) is 0 Å². The van der Waals surface area contributed by atoms with Gasteiger partial charge >= 0.3 is 0 Å². The first-order valence-electron chi connectivity index (χ1n) is 7.54. The van der Waals surface area contributed by atoms with Gasteiger partial charge in [0, 0.05) is 48.5 Å². The molecule has 2 bridgehead atoms. The van der Waals surface area contributed by atoms with Gasteiger partial charge in [-0.15, -0.1) is 11.3 Å². The summed E-state index contributed by atoms with van der Waals surface area (Å²) < 4.78 is 0. The summed E-state index contributed by atoms with van der Waals surface area (Å²) in [5.41, 5.74) is 0. The van der Waals surface area contributed by atoms with E-state index >= 15 is 0 Å². The predicted molar refractivity (Wildman–Crippen MR) is 81.9 cm³/mol. The monoisotopic (exact) mass is 279 g/mol. The summed E-state index contributed by atoms with van der Waals surface area (Å²) in [6.45, 7) is 11.8. The van der Waals surface area contributed by atoms with Crippen LogP contribution >= 0.6 is 11.3 Å². The highest BCUT2D eigenvalue weighted by Crippen LogP contribution is 2.31. The summed E-state index contributed by atoms with van der Waals surface area (Å²) in [4.78, 5) is 8.27. The van der Waals surface area contributed by atoms with Crippen LogP contribution in [0.3, 0.4) is 0 Å². The van der Waals surface area contributed by atoms with Crippen LogP contribution in [0.25, 0.3) is 0 Å². The molecule has 3 saturated heterocycles. The fourth-order valence-corrected chi connectivity index (χ4v) is 4.33. The zero-order valence-corrected chi connectivity index (χ0v) is 12.9. The fourth-order valence-electron chi connectivity index (χ4n) is 3.32. The standard InChI is InChI=1S/C15H25N3S/c1-3-6-16-15(14-5-4-12(2)19-14)13-11-17-7-9-18(13)10-8-17/h4-5,13,15-16H,3,6-11H2,1-2H3. The molecule has 2 atom stereocenters. The Kier molecular flexibility index (Phi) is 4.22. The molecule has 0 aliphatic carbocycles. The van der Waals surface area contributed by atoms with Crippen LogP contribution in [0, 0.1) is 6.92 Å². The maximum absolute atomic E-state index is 3.80. The van der Waals surface area contributed by atoms with Crippen molar-refractivity contribution in [3.63, 3.8) is 0 Å². The number of nitrogens with one attached hydrogen (secondary N) is 1. The number of piperazine rings is 3. The van der Waals surface area contributed by atoms with Crippen molar-refractivity contribution in [2.45, 2.75) is 32.4 Å². The van der Waals surface area contributed by atoms with Crippen LogP contribution in [0.5, 0.6) is 0 Å². The molecular formula is C15H25N3S. The van der Waals surface area contributed by atoms with Crippen molar-refractivity contribution >= 4 is 11.3 Å². The summed E-state index contributed by atoms with van der Waals surface area (Å²) >= 11 is 1.96. The van der Waals surface area contributed by atoms with Crippen LogP contribution in [0.4, 0.5) is 0 Å². The van der Waals surface area contributed by atoms with Crippen LogP contribution in [0.1, 0.15) is 29.1 Å². The molecule has 4 heterocycles. The maximum Gasteiger partial charge on any atom is 0.0585 e. The Morgan fingerprint density at radius 3 is 2.63 bits per heavy atom. The number of nitrogens with zero attached hydrogens (tertiary/aromatic N) is 2. The van der Waals surface area contributed by atoms with Gasteiger partial charge in [0.05, 0.1) is 6.04 Å². The second-order valence-corrected chi connectivity index (χ2v) is 7.10. The van der Waals surface area contributed by atoms with E-state index in [1.54, 1.807) is 0 Å². The molecule has 0 aromatic carbocycles. The molecule has 0 saturated carbocycles. The lowest BCUT2D eigenvalue weighted by atomic mass is 9.98. The molecule has 4 rings (SSSR count). The van der Waals surface area contributed by atoms with E-state index in [1.807, 2.05) is 11.3 Å². The first-order chi connectivity index (χ1) is 9.28. The number of fused-ring (bicyclic) bond motifs is 3. The van der Waals surface area contributed by atoms with Gasteiger partial charge in [0.25, 0.3) is 0 Å². The largest absolute Gasteiger partial charge is 0.308 e. The molecule has 0 radical (unpaired) electrons. The summed E-state index contributed by atoms with van der Waals surface area (Å²) in [7, 11) is 0. The van der Waals surface area contributed by atoms with Gasteiger partial charge in [-0.1, -0.05) is 6.92 Å². The minimum atomic E-state index is 0.516. The van der Waals surface area contributed by atoms with Gasteiger partial charge in [-0.05, 0) is 32.0 Å². The minimum absolute atomic E-state index is 0.516. The lowest BCUT2D eigenvalue weighted by Gasteiger charge is -2.50. The van der Waals surface area contributed by atoms with Gasteiger partial charge in [-0.2, -0.15) is 0 Å². The molecule has 3 fully saturated rings. The molecule has 1 aromatic rings. The highest BCUT2D eigenvalue weighted by Gasteiger charge is 2.37. The second kappa shape index (κ2) is 5.92. The molecule has 3 aliphatic rings. The van der Waals surface area contributed by atoms with Crippen molar-refractivity contribution in [3.8, 4) is 0 Å². The number of aryl methyl sites for hydroxylation is 1. The zero-order chi connectivity index (χ0) is 13.2. The van der Waals surface area contributed by atoms with Gasteiger partial charge in [0.15, 0.2) is 0 Å². The zero-order valence-electron chi connectivity index (χ0n) is 12.1. The molecule has 19 heavy (non-hydrogen) atoms. The topological polar surface area (TPSA) is 18.5 Å². The van der Waals surface area contributed by atoms with Gasteiger partial charge in [-0.3, -0.25) is 9.80 Å². The Morgan fingerprint density at radius 1 is 1.32 bits per heavy atom. The van der Waals surface area contributed by atoms with E-state index < -0.39 is 0 Å². The number of rotatable bonds is 5. The maximum atomic E-state index is 3.80.